The number of nitrogens with zero attached hydrogens (tertiary/aromatic N) is 2. The maximum Gasteiger partial charge on any atom is 0.282 e. The van der Waals surface area contributed by atoms with Crippen LogP contribution in [0.4, 0.5) is 14.6 Å². The lowest BCUT2D eigenvalue weighted by atomic mass is 10.0. The summed E-state index contributed by atoms with van der Waals surface area (Å²) >= 11 is -1.07. The van der Waals surface area contributed by atoms with Gasteiger partial charge in [0.2, 0.25) is 0 Å². The van der Waals surface area contributed by atoms with Crippen molar-refractivity contribution in [1.82, 2.24) is 9.71 Å². The van der Waals surface area contributed by atoms with Crippen molar-refractivity contribution >= 4 is 17.2 Å². The molecule has 2 atom stereocenters. The highest BCUT2D eigenvalue weighted by atomic mass is 32.2. The van der Waals surface area contributed by atoms with E-state index in [4.69, 9.17) is 0 Å². The van der Waals surface area contributed by atoms with E-state index >= 15 is 0 Å². The van der Waals surface area contributed by atoms with Gasteiger partial charge in [-0.05, 0) is 44.7 Å². The summed E-state index contributed by atoms with van der Waals surface area (Å²) in [5.41, 5.74) is 1.05. The number of rotatable bonds is 6. The number of hydrogen-bond donors (Lipinski definition) is 1. The maximum atomic E-state index is 12.9. The highest BCUT2D eigenvalue weighted by molar-refractivity contribution is 7.90. The van der Waals surface area contributed by atoms with E-state index in [1.807, 2.05) is 26.8 Å². The van der Waals surface area contributed by atoms with Gasteiger partial charge in [0.15, 0.2) is 0 Å². The topological polar surface area (TPSA) is 51.2 Å². The van der Waals surface area contributed by atoms with E-state index in [1.165, 1.54) is 0 Å². The van der Waals surface area contributed by atoms with Crippen LogP contribution in [0.15, 0.2) is 18.3 Å². The Morgan fingerprint density at radius 2 is 2.04 bits per heavy atom. The summed E-state index contributed by atoms with van der Waals surface area (Å²) in [5, 5.41) is 0. The first-order chi connectivity index (χ1) is 10.6. The van der Waals surface area contributed by atoms with Crippen LogP contribution in [0.1, 0.15) is 33.3 Å². The number of pyridine rings is 1. The Hall–Kier alpha value is -0.920. The van der Waals surface area contributed by atoms with Crippen LogP contribution in [0.3, 0.4) is 0 Å². The fourth-order valence-electron chi connectivity index (χ4n) is 2.31. The molecule has 0 amide bonds. The van der Waals surface area contributed by atoms with Crippen molar-refractivity contribution in [3.8, 4) is 0 Å². The second kappa shape index (κ2) is 6.91. The fraction of sp³-hybridized carbons (Fsp3) is 0.688. The summed E-state index contributed by atoms with van der Waals surface area (Å²) in [5.74, 6) is -1.68. The molecule has 1 saturated heterocycles. The van der Waals surface area contributed by atoms with Crippen LogP contribution in [0.2, 0.25) is 0 Å². The molecular formula is C16H25F2N3OS. The lowest BCUT2D eigenvalue weighted by Gasteiger charge is -2.39. The standard InChI is InChI=1S/C16H25F2N3OS/c1-12(8-20-23(22)15(2,3)4)7-13-5-6-14(19-9-13)21-10-16(17,18)11-21/h5-6,9,12,20H,7-8,10-11H2,1-4H3/t12-,23?/m0/s1. The SMILES string of the molecule is C[C@H](CN[S+]([O-])C(C)(C)C)Cc1ccc(N2CC(F)(F)C2)nc1. The molecule has 130 valence electrons. The third kappa shape index (κ3) is 5.29. The van der Waals surface area contributed by atoms with Gasteiger partial charge in [-0.1, -0.05) is 13.0 Å². The molecule has 0 aromatic carbocycles. The molecule has 1 N–H and O–H groups in total. The zero-order chi connectivity index (χ0) is 17.3. The molecule has 0 saturated carbocycles. The number of alkyl halides is 2. The van der Waals surface area contributed by atoms with Gasteiger partial charge in [-0.2, -0.15) is 0 Å². The van der Waals surface area contributed by atoms with E-state index in [0.29, 0.717) is 18.3 Å². The van der Waals surface area contributed by atoms with Crippen LogP contribution in [0.5, 0.6) is 0 Å². The first kappa shape index (κ1) is 18.4. The van der Waals surface area contributed by atoms with Crippen LogP contribution in [-0.2, 0) is 17.8 Å². The first-order valence-corrected chi connectivity index (χ1v) is 8.95. The van der Waals surface area contributed by atoms with Crippen LogP contribution >= 0.6 is 0 Å². The minimum absolute atomic E-state index is 0.252. The largest absolute Gasteiger partial charge is 0.598 e. The van der Waals surface area contributed by atoms with Crippen molar-refractivity contribution in [3.05, 3.63) is 23.9 Å². The maximum absolute atomic E-state index is 12.9. The Morgan fingerprint density at radius 3 is 2.52 bits per heavy atom. The molecule has 4 nitrogen and oxygen atoms in total. The summed E-state index contributed by atoms with van der Waals surface area (Å²) < 4.78 is 40.5. The summed E-state index contributed by atoms with van der Waals surface area (Å²) in [7, 11) is 0. The normalized spacial score (nSPS) is 20.0. The smallest absolute Gasteiger partial charge is 0.282 e. The van der Waals surface area contributed by atoms with Crippen molar-refractivity contribution in [1.29, 1.82) is 0 Å². The molecule has 2 heterocycles. The molecule has 1 aromatic heterocycles. The zero-order valence-corrected chi connectivity index (χ0v) is 14.9. The molecule has 0 radical (unpaired) electrons. The third-order valence-corrected chi connectivity index (χ3v) is 5.22. The lowest BCUT2D eigenvalue weighted by Crippen LogP contribution is -2.56. The van der Waals surface area contributed by atoms with Gasteiger partial charge in [0.05, 0.1) is 13.1 Å². The van der Waals surface area contributed by atoms with Gasteiger partial charge >= 0.3 is 0 Å². The van der Waals surface area contributed by atoms with Crippen LogP contribution in [-0.4, -0.2) is 39.8 Å². The Morgan fingerprint density at radius 1 is 1.39 bits per heavy atom. The van der Waals surface area contributed by atoms with Gasteiger partial charge in [0, 0.05) is 24.1 Å². The number of anilines is 1. The molecule has 1 aromatic rings. The van der Waals surface area contributed by atoms with Crippen molar-refractivity contribution in [3.63, 3.8) is 0 Å². The average Bonchev–Trinajstić information content (AvgIpc) is 2.42. The number of nitrogens with one attached hydrogen (secondary N) is 1. The molecule has 1 aliphatic heterocycles. The quantitative estimate of drug-likeness (QED) is 0.806. The fourth-order valence-corrected chi connectivity index (χ4v) is 3.18. The predicted octanol–water partition coefficient (Wildman–Crippen LogP) is 2.77. The summed E-state index contributed by atoms with van der Waals surface area (Å²) in [6.45, 7) is 8.03. The van der Waals surface area contributed by atoms with Crippen molar-refractivity contribution in [2.45, 2.75) is 44.8 Å². The van der Waals surface area contributed by atoms with Gasteiger partial charge in [-0.25, -0.2) is 13.8 Å². The second-order valence-electron chi connectivity index (χ2n) is 7.28. The molecule has 1 unspecified atom stereocenters. The Balaban J connectivity index is 1.79. The van der Waals surface area contributed by atoms with E-state index in [2.05, 4.69) is 16.6 Å². The van der Waals surface area contributed by atoms with Crippen molar-refractivity contribution in [2.24, 2.45) is 5.92 Å². The molecular weight excluding hydrogens is 320 g/mol. The second-order valence-corrected chi connectivity index (χ2v) is 9.33. The number of halogens is 2. The lowest BCUT2D eigenvalue weighted by molar-refractivity contribution is -0.0267. The van der Waals surface area contributed by atoms with Crippen LogP contribution in [0, 0.1) is 5.92 Å². The van der Waals surface area contributed by atoms with E-state index in [-0.39, 0.29) is 17.8 Å². The number of aromatic nitrogens is 1. The van der Waals surface area contributed by atoms with Gasteiger partial charge in [-0.15, -0.1) is 4.72 Å². The third-order valence-electron chi connectivity index (χ3n) is 3.68. The van der Waals surface area contributed by atoms with E-state index < -0.39 is 17.3 Å². The van der Waals surface area contributed by atoms with Gasteiger partial charge in [0.25, 0.3) is 5.92 Å². The highest BCUT2D eigenvalue weighted by Crippen LogP contribution is 2.30. The number of hydrogen-bond acceptors (Lipinski definition) is 4. The average molecular weight is 345 g/mol. The van der Waals surface area contributed by atoms with Crippen LogP contribution < -0.4 is 9.62 Å². The minimum atomic E-state index is -2.58. The van der Waals surface area contributed by atoms with E-state index in [0.717, 1.165) is 12.0 Å². The molecule has 1 fully saturated rings. The zero-order valence-electron chi connectivity index (χ0n) is 14.1. The Labute approximate surface area is 140 Å². The minimum Gasteiger partial charge on any atom is -0.598 e. The first-order valence-electron chi connectivity index (χ1n) is 7.80. The molecule has 23 heavy (non-hydrogen) atoms. The Bertz CT molecular complexity index is 511. The van der Waals surface area contributed by atoms with Gasteiger partial charge in [0.1, 0.15) is 10.6 Å². The molecule has 0 aliphatic carbocycles. The van der Waals surface area contributed by atoms with Gasteiger partial charge in [-0.3, -0.25) is 0 Å². The van der Waals surface area contributed by atoms with E-state index in [9.17, 15) is 13.3 Å². The predicted molar refractivity (Wildman–Crippen MR) is 90.2 cm³/mol. The Kier molecular flexibility index (Phi) is 5.53. The van der Waals surface area contributed by atoms with Crippen molar-refractivity contribution < 1.29 is 13.3 Å². The summed E-state index contributed by atoms with van der Waals surface area (Å²) in [4.78, 5) is 5.84. The van der Waals surface area contributed by atoms with Gasteiger partial charge < -0.3 is 9.45 Å². The monoisotopic (exact) mass is 345 g/mol. The van der Waals surface area contributed by atoms with E-state index in [1.54, 1.807) is 17.2 Å². The molecule has 2 rings (SSSR count). The molecule has 0 bridgehead atoms. The molecule has 0 spiro atoms. The summed E-state index contributed by atoms with van der Waals surface area (Å²) in [6.07, 6.45) is 2.54. The molecule has 7 heteroatoms. The highest BCUT2D eigenvalue weighted by Gasteiger charge is 2.44. The molecule has 1 aliphatic rings. The summed E-state index contributed by atoms with van der Waals surface area (Å²) in [6, 6.07) is 3.72. The van der Waals surface area contributed by atoms with Crippen molar-refractivity contribution in [2.75, 3.05) is 24.5 Å². The van der Waals surface area contributed by atoms with Crippen LogP contribution in [0.25, 0.3) is 0 Å².